The minimum absolute atomic E-state index is 0.247. The number of aromatic nitrogens is 2. The Morgan fingerprint density at radius 1 is 0.862 bits per heavy atom. The first kappa shape index (κ1) is 19.8. The predicted octanol–water partition coefficient (Wildman–Crippen LogP) is 3.45. The van der Waals surface area contributed by atoms with Crippen LogP contribution in [0.25, 0.3) is 11.3 Å². The quantitative estimate of drug-likeness (QED) is 0.631. The highest BCUT2D eigenvalue weighted by atomic mass is 35.5. The van der Waals surface area contributed by atoms with Gasteiger partial charge in [0.2, 0.25) is 10.0 Å². The van der Waals surface area contributed by atoms with Gasteiger partial charge in [-0.2, -0.15) is 4.31 Å². The molecule has 1 aliphatic heterocycles. The van der Waals surface area contributed by atoms with Gasteiger partial charge in [-0.3, -0.25) is 0 Å². The van der Waals surface area contributed by atoms with E-state index in [1.165, 1.54) is 22.5 Å². The molecule has 2 heterocycles. The molecule has 3 aromatic rings. The van der Waals surface area contributed by atoms with Gasteiger partial charge in [0.15, 0.2) is 5.82 Å². The zero-order chi connectivity index (χ0) is 20.4. The highest BCUT2D eigenvalue weighted by Crippen LogP contribution is 2.23. The summed E-state index contributed by atoms with van der Waals surface area (Å²) in [6.45, 7) is 1.39. The Bertz CT molecular complexity index is 1100. The number of halogens is 2. The molecule has 0 unspecified atom stereocenters. The summed E-state index contributed by atoms with van der Waals surface area (Å²) in [5.41, 5.74) is 1.64. The van der Waals surface area contributed by atoms with Gasteiger partial charge in [-0.15, -0.1) is 10.2 Å². The van der Waals surface area contributed by atoms with E-state index in [2.05, 4.69) is 10.2 Å². The third-order valence-corrected chi connectivity index (χ3v) is 6.99. The van der Waals surface area contributed by atoms with Crippen molar-refractivity contribution in [2.45, 2.75) is 4.90 Å². The summed E-state index contributed by atoms with van der Waals surface area (Å²) in [6.07, 6.45) is 0. The van der Waals surface area contributed by atoms with Crippen LogP contribution < -0.4 is 4.90 Å². The fourth-order valence-electron chi connectivity index (χ4n) is 3.22. The average Bonchev–Trinajstić information content (AvgIpc) is 2.75. The molecule has 150 valence electrons. The minimum Gasteiger partial charge on any atom is -0.352 e. The Morgan fingerprint density at radius 2 is 1.55 bits per heavy atom. The lowest BCUT2D eigenvalue weighted by Crippen LogP contribution is -2.49. The van der Waals surface area contributed by atoms with Crippen LogP contribution in [0.1, 0.15) is 0 Å². The Balaban J connectivity index is 1.44. The summed E-state index contributed by atoms with van der Waals surface area (Å²) in [4.78, 5) is 1.67. The summed E-state index contributed by atoms with van der Waals surface area (Å²) in [7, 11) is -3.86. The van der Waals surface area contributed by atoms with Gasteiger partial charge in [0.25, 0.3) is 0 Å². The van der Waals surface area contributed by atoms with Crippen molar-refractivity contribution in [2.75, 3.05) is 31.1 Å². The van der Waals surface area contributed by atoms with Crippen molar-refractivity contribution in [3.63, 3.8) is 0 Å². The van der Waals surface area contributed by atoms with E-state index in [9.17, 15) is 12.8 Å². The summed E-state index contributed by atoms with van der Waals surface area (Å²) >= 11 is 5.91. The van der Waals surface area contributed by atoms with Crippen LogP contribution in [0.15, 0.2) is 65.6 Å². The van der Waals surface area contributed by atoms with Gasteiger partial charge in [-0.1, -0.05) is 35.9 Å². The molecule has 0 aliphatic carbocycles. The monoisotopic (exact) mass is 432 g/mol. The first-order valence-corrected chi connectivity index (χ1v) is 10.9. The molecule has 9 heteroatoms. The molecule has 4 rings (SSSR count). The Hall–Kier alpha value is -2.55. The van der Waals surface area contributed by atoms with Gasteiger partial charge >= 0.3 is 0 Å². The smallest absolute Gasteiger partial charge is 0.246 e. The molecule has 0 spiro atoms. The summed E-state index contributed by atoms with van der Waals surface area (Å²) in [5.74, 6) is -0.0655. The molecule has 0 radical (unpaired) electrons. The van der Waals surface area contributed by atoms with Gasteiger partial charge in [0.1, 0.15) is 10.7 Å². The molecule has 6 nitrogen and oxygen atoms in total. The molecule has 1 saturated heterocycles. The maximum Gasteiger partial charge on any atom is 0.246 e. The van der Waals surface area contributed by atoms with Crippen LogP contribution in [-0.2, 0) is 10.0 Å². The molecule has 0 amide bonds. The van der Waals surface area contributed by atoms with Crippen molar-refractivity contribution < 1.29 is 12.8 Å². The zero-order valence-electron chi connectivity index (χ0n) is 15.4. The predicted molar refractivity (Wildman–Crippen MR) is 110 cm³/mol. The van der Waals surface area contributed by atoms with Crippen LogP contribution in [0, 0.1) is 5.82 Å². The summed E-state index contributed by atoms with van der Waals surface area (Å²) in [5, 5.41) is 9.19. The molecule has 0 saturated carbocycles. The first-order valence-electron chi connectivity index (χ1n) is 9.04. The highest BCUT2D eigenvalue weighted by molar-refractivity contribution is 7.89. The standard InChI is InChI=1S/C20H18ClFN4O2S/c21-16-7-5-15(6-8-16)18-9-10-20(24-23-18)25-11-13-26(14-12-25)29(27,28)19-4-2-1-3-17(19)22/h1-10H,11-14H2. The largest absolute Gasteiger partial charge is 0.352 e. The third kappa shape index (κ3) is 4.10. The second-order valence-electron chi connectivity index (χ2n) is 6.61. The Morgan fingerprint density at radius 3 is 2.17 bits per heavy atom. The van der Waals surface area contributed by atoms with Gasteiger partial charge in [-0.05, 0) is 36.4 Å². The molecular weight excluding hydrogens is 415 g/mol. The molecule has 1 aliphatic rings. The summed E-state index contributed by atoms with van der Waals surface area (Å²) < 4.78 is 40.7. The van der Waals surface area contributed by atoms with Gasteiger partial charge in [0.05, 0.1) is 5.69 Å². The van der Waals surface area contributed by atoms with E-state index in [1.54, 1.807) is 12.1 Å². The fraction of sp³-hybridized carbons (Fsp3) is 0.200. The SMILES string of the molecule is O=S(=O)(c1ccccc1F)N1CCN(c2ccc(-c3ccc(Cl)cc3)nn2)CC1. The summed E-state index contributed by atoms with van der Waals surface area (Å²) in [6, 6.07) is 16.5. The number of anilines is 1. The maximum atomic E-state index is 13.9. The highest BCUT2D eigenvalue weighted by Gasteiger charge is 2.30. The number of hydrogen-bond donors (Lipinski definition) is 0. The zero-order valence-corrected chi connectivity index (χ0v) is 16.9. The second kappa shape index (κ2) is 8.06. The molecule has 0 bridgehead atoms. The number of nitrogens with zero attached hydrogens (tertiary/aromatic N) is 4. The van der Waals surface area contributed by atoms with E-state index in [1.807, 2.05) is 29.2 Å². The number of sulfonamides is 1. The lowest BCUT2D eigenvalue weighted by Gasteiger charge is -2.34. The number of benzene rings is 2. The van der Waals surface area contributed by atoms with E-state index >= 15 is 0 Å². The lowest BCUT2D eigenvalue weighted by molar-refractivity contribution is 0.381. The third-order valence-electron chi connectivity index (χ3n) is 4.81. The second-order valence-corrected chi connectivity index (χ2v) is 8.95. The van der Waals surface area contributed by atoms with Crippen LogP contribution >= 0.6 is 11.6 Å². The van der Waals surface area contributed by atoms with Crippen LogP contribution in [0.2, 0.25) is 5.02 Å². The van der Waals surface area contributed by atoms with E-state index in [-0.39, 0.29) is 18.0 Å². The molecular formula is C20H18ClFN4O2S. The molecule has 1 aromatic heterocycles. The molecule has 29 heavy (non-hydrogen) atoms. The molecule has 2 aromatic carbocycles. The fourth-order valence-corrected chi connectivity index (χ4v) is 4.83. The van der Waals surface area contributed by atoms with Crippen molar-refractivity contribution in [3.8, 4) is 11.3 Å². The van der Waals surface area contributed by atoms with Crippen molar-refractivity contribution in [1.82, 2.24) is 14.5 Å². The number of piperazine rings is 1. The van der Waals surface area contributed by atoms with Crippen molar-refractivity contribution in [2.24, 2.45) is 0 Å². The Kier molecular flexibility index (Phi) is 5.49. The minimum atomic E-state index is -3.86. The van der Waals surface area contributed by atoms with Crippen LogP contribution in [-0.4, -0.2) is 49.1 Å². The lowest BCUT2D eigenvalue weighted by atomic mass is 10.1. The molecule has 1 fully saturated rings. The van der Waals surface area contributed by atoms with Crippen LogP contribution in [0.5, 0.6) is 0 Å². The average molecular weight is 433 g/mol. The van der Waals surface area contributed by atoms with Crippen molar-refractivity contribution in [3.05, 3.63) is 71.5 Å². The topological polar surface area (TPSA) is 66.4 Å². The molecule has 0 atom stereocenters. The van der Waals surface area contributed by atoms with E-state index in [0.717, 1.165) is 17.3 Å². The van der Waals surface area contributed by atoms with E-state index in [0.29, 0.717) is 23.9 Å². The van der Waals surface area contributed by atoms with Crippen LogP contribution in [0.4, 0.5) is 10.2 Å². The van der Waals surface area contributed by atoms with Gasteiger partial charge in [0, 0.05) is 36.8 Å². The van der Waals surface area contributed by atoms with Crippen molar-refractivity contribution in [1.29, 1.82) is 0 Å². The van der Waals surface area contributed by atoms with Crippen LogP contribution in [0.3, 0.4) is 0 Å². The number of hydrogen-bond acceptors (Lipinski definition) is 5. The molecule has 0 N–H and O–H groups in total. The van der Waals surface area contributed by atoms with Gasteiger partial charge < -0.3 is 4.90 Å². The van der Waals surface area contributed by atoms with E-state index in [4.69, 9.17) is 11.6 Å². The van der Waals surface area contributed by atoms with Crippen molar-refractivity contribution >= 4 is 27.4 Å². The Labute approximate surface area is 173 Å². The van der Waals surface area contributed by atoms with Gasteiger partial charge in [-0.25, -0.2) is 12.8 Å². The normalized spacial score (nSPS) is 15.4. The first-order chi connectivity index (χ1) is 13.9. The number of rotatable bonds is 4. The van der Waals surface area contributed by atoms with E-state index < -0.39 is 15.8 Å². The maximum absolute atomic E-state index is 13.9.